The predicted molar refractivity (Wildman–Crippen MR) is 168 cm³/mol. The molecule has 0 saturated heterocycles. The van der Waals surface area contributed by atoms with Crippen LogP contribution in [0.25, 0.3) is 27.9 Å². The molecule has 3 aromatic heterocycles. The number of allylic oxidation sites excluding steroid dienone is 2. The molecule has 39 heavy (non-hydrogen) atoms. The first-order valence-corrected chi connectivity index (χ1v) is 14.8. The molecular formula is C32H47N3O3S. The number of rotatable bonds is 8. The molecule has 4 rings (SSSR count). The van der Waals surface area contributed by atoms with Crippen LogP contribution < -0.4 is 5.56 Å². The van der Waals surface area contributed by atoms with Crippen molar-refractivity contribution in [3.05, 3.63) is 69.7 Å². The number of carbonyl (C=O) groups excluding carboxylic acids is 1. The molecule has 2 N–H and O–H groups in total. The van der Waals surface area contributed by atoms with E-state index in [1.54, 1.807) is 19.3 Å². The summed E-state index contributed by atoms with van der Waals surface area (Å²) in [5.74, 6) is -0.104. The van der Waals surface area contributed by atoms with E-state index in [1.165, 1.54) is 56.6 Å². The molecule has 0 aliphatic heterocycles. The van der Waals surface area contributed by atoms with Gasteiger partial charge in [0.1, 0.15) is 5.01 Å². The Morgan fingerprint density at radius 2 is 1.85 bits per heavy atom. The standard InChI is InChI=1S/C19H17N3O2S.C8H16O.C3H8.C2H6/c1-4-5-6-14-11(2)20-9-16(14)17-10-25-19(22-17)15-7-13(12(3)23)8-21-18(15)24;1-3-8(7-9-2)5-4-6-8;1-3-2;1-2/h4-10,20H,1H2,2-3H3,(H,21,24);3-7H2,1-2H3;3H2,1-2H3;1-2H3/b6-5-;;;. The Labute approximate surface area is 238 Å². The first-order chi connectivity index (χ1) is 18.7. The Balaban J connectivity index is 0.000000451. The molecule has 1 saturated carbocycles. The van der Waals surface area contributed by atoms with Crippen LogP contribution in [0.1, 0.15) is 95.3 Å². The second kappa shape index (κ2) is 17.5. The Morgan fingerprint density at radius 1 is 1.18 bits per heavy atom. The van der Waals surface area contributed by atoms with E-state index < -0.39 is 0 Å². The first kappa shape index (κ1) is 34.0. The average Bonchev–Trinajstić information content (AvgIpc) is 3.54. The minimum absolute atomic E-state index is 0.104. The van der Waals surface area contributed by atoms with Gasteiger partial charge in [0, 0.05) is 47.3 Å². The summed E-state index contributed by atoms with van der Waals surface area (Å²) in [4.78, 5) is 34.1. The zero-order valence-electron chi connectivity index (χ0n) is 25.1. The number of ketones is 1. The van der Waals surface area contributed by atoms with E-state index >= 15 is 0 Å². The molecule has 0 unspecified atom stereocenters. The summed E-state index contributed by atoms with van der Waals surface area (Å²) in [7, 11) is 1.80. The molecule has 214 valence electrons. The fraction of sp³-hybridized carbons (Fsp3) is 0.469. The van der Waals surface area contributed by atoms with Crippen LogP contribution >= 0.6 is 11.3 Å². The highest BCUT2D eigenvalue weighted by Gasteiger charge is 2.34. The number of pyridine rings is 1. The third kappa shape index (κ3) is 9.59. The second-order valence-corrected chi connectivity index (χ2v) is 10.3. The van der Waals surface area contributed by atoms with E-state index in [2.05, 4.69) is 42.3 Å². The van der Waals surface area contributed by atoms with Crippen molar-refractivity contribution >= 4 is 23.2 Å². The number of methoxy groups -OCH3 is 1. The normalized spacial score (nSPS) is 13.1. The number of Topliss-reactive ketones (excluding diaryl/α,β-unsaturated/α-hetero) is 1. The number of hydrogen-bond acceptors (Lipinski definition) is 5. The quantitative estimate of drug-likeness (QED) is 0.215. The van der Waals surface area contributed by atoms with E-state index in [4.69, 9.17) is 4.74 Å². The van der Waals surface area contributed by atoms with Crippen molar-refractivity contribution in [3.63, 3.8) is 0 Å². The molecule has 0 radical (unpaired) electrons. The Bertz CT molecular complexity index is 1240. The van der Waals surface area contributed by atoms with E-state index in [1.807, 2.05) is 44.5 Å². The number of carbonyl (C=O) groups is 1. The maximum Gasteiger partial charge on any atom is 0.258 e. The number of aromatic amines is 2. The lowest BCUT2D eigenvalue weighted by molar-refractivity contribution is 0.0144. The lowest BCUT2D eigenvalue weighted by atomic mass is 9.68. The second-order valence-electron chi connectivity index (χ2n) is 9.41. The van der Waals surface area contributed by atoms with Crippen molar-refractivity contribution in [2.24, 2.45) is 5.41 Å². The van der Waals surface area contributed by atoms with Gasteiger partial charge in [-0.05, 0) is 44.6 Å². The topological polar surface area (TPSA) is 87.8 Å². The first-order valence-electron chi connectivity index (χ1n) is 13.9. The van der Waals surface area contributed by atoms with E-state index in [9.17, 15) is 9.59 Å². The van der Waals surface area contributed by atoms with Crippen molar-refractivity contribution in [3.8, 4) is 21.8 Å². The van der Waals surface area contributed by atoms with Gasteiger partial charge < -0.3 is 14.7 Å². The highest BCUT2D eigenvalue weighted by atomic mass is 32.1. The lowest BCUT2D eigenvalue weighted by Crippen LogP contribution is -2.33. The van der Waals surface area contributed by atoms with Crippen LogP contribution in [0.2, 0.25) is 0 Å². The zero-order valence-corrected chi connectivity index (χ0v) is 25.9. The largest absolute Gasteiger partial charge is 0.384 e. The summed E-state index contributed by atoms with van der Waals surface area (Å²) in [5, 5.41) is 2.49. The summed E-state index contributed by atoms with van der Waals surface area (Å²) in [6.07, 6.45) is 15.6. The van der Waals surface area contributed by atoms with Crippen LogP contribution in [0.4, 0.5) is 0 Å². The molecule has 0 aromatic carbocycles. The van der Waals surface area contributed by atoms with Crippen LogP contribution in [0, 0.1) is 12.3 Å². The highest BCUT2D eigenvalue weighted by molar-refractivity contribution is 7.13. The third-order valence-corrected chi connectivity index (χ3v) is 7.34. The van der Waals surface area contributed by atoms with Gasteiger partial charge in [0.2, 0.25) is 0 Å². The monoisotopic (exact) mass is 553 g/mol. The molecule has 0 amide bonds. The summed E-state index contributed by atoms with van der Waals surface area (Å²) in [5.41, 5.74) is 4.98. The van der Waals surface area contributed by atoms with Crippen LogP contribution in [0.15, 0.2) is 47.4 Å². The van der Waals surface area contributed by atoms with Gasteiger partial charge in [-0.25, -0.2) is 4.98 Å². The van der Waals surface area contributed by atoms with Gasteiger partial charge in [-0.3, -0.25) is 9.59 Å². The molecule has 0 atom stereocenters. The molecule has 1 aliphatic carbocycles. The SMILES string of the molecule is C=C/C=C\c1c(-c2csc(-c3cc(C(C)=O)c[nH]c3=O)n2)c[nH]c1C.CC.CCC.CCC1(COC)CCC1. The van der Waals surface area contributed by atoms with E-state index in [-0.39, 0.29) is 11.3 Å². The molecule has 0 spiro atoms. The van der Waals surface area contributed by atoms with Gasteiger partial charge in [-0.15, -0.1) is 11.3 Å². The fourth-order valence-corrected chi connectivity index (χ4v) is 4.91. The number of aromatic nitrogens is 3. The molecule has 0 bridgehead atoms. The molecule has 3 heterocycles. The zero-order chi connectivity index (χ0) is 29.4. The summed E-state index contributed by atoms with van der Waals surface area (Å²) >= 11 is 1.37. The van der Waals surface area contributed by atoms with Crippen LogP contribution in [-0.4, -0.2) is 34.5 Å². The number of hydrogen-bond donors (Lipinski definition) is 2. The van der Waals surface area contributed by atoms with Gasteiger partial charge in [0.05, 0.1) is 17.9 Å². The summed E-state index contributed by atoms with van der Waals surface area (Å²) in [6, 6.07) is 1.59. The van der Waals surface area contributed by atoms with Crippen LogP contribution in [0.5, 0.6) is 0 Å². The maximum absolute atomic E-state index is 12.1. The lowest BCUT2D eigenvalue weighted by Gasteiger charge is -2.40. The summed E-state index contributed by atoms with van der Waals surface area (Å²) < 4.78 is 5.14. The van der Waals surface area contributed by atoms with Crippen molar-refractivity contribution in [1.29, 1.82) is 0 Å². The van der Waals surface area contributed by atoms with Gasteiger partial charge in [-0.2, -0.15) is 0 Å². The van der Waals surface area contributed by atoms with E-state index in [0.717, 1.165) is 29.1 Å². The number of H-pyrrole nitrogens is 2. The molecule has 1 aliphatic rings. The molecule has 1 fully saturated rings. The third-order valence-electron chi connectivity index (χ3n) is 6.46. The number of aryl methyl sites for hydroxylation is 1. The van der Waals surface area contributed by atoms with Gasteiger partial charge in [0.15, 0.2) is 5.78 Å². The summed E-state index contributed by atoms with van der Waals surface area (Å²) in [6.45, 7) is 18.6. The maximum atomic E-state index is 12.1. The predicted octanol–water partition coefficient (Wildman–Crippen LogP) is 8.86. The average molecular weight is 554 g/mol. The van der Waals surface area contributed by atoms with Crippen LogP contribution in [-0.2, 0) is 4.74 Å². The minimum Gasteiger partial charge on any atom is -0.384 e. The van der Waals surface area contributed by atoms with Crippen molar-refractivity contribution in [1.82, 2.24) is 15.0 Å². The Morgan fingerprint density at radius 3 is 2.33 bits per heavy atom. The molecule has 7 heteroatoms. The Hall–Kier alpha value is -3.03. The van der Waals surface area contributed by atoms with Gasteiger partial charge in [0.25, 0.3) is 5.56 Å². The fourth-order valence-electron chi connectivity index (χ4n) is 4.08. The van der Waals surface area contributed by atoms with Crippen molar-refractivity contribution in [2.45, 2.75) is 80.6 Å². The van der Waals surface area contributed by atoms with Crippen LogP contribution in [0.3, 0.4) is 0 Å². The highest BCUT2D eigenvalue weighted by Crippen LogP contribution is 2.43. The van der Waals surface area contributed by atoms with E-state index in [0.29, 0.717) is 21.5 Å². The smallest absolute Gasteiger partial charge is 0.258 e. The molecule has 3 aromatic rings. The van der Waals surface area contributed by atoms with Crippen molar-refractivity contribution in [2.75, 3.05) is 13.7 Å². The van der Waals surface area contributed by atoms with Gasteiger partial charge in [-0.1, -0.05) is 72.3 Å². The molecular weight excluding hydrogens is 506 g/mol. The molecule has 6 nitrogen and oxygen atoms in total. The Kier molecular flexibility index (Phi) is 15.3. The number of nitrogens with zero attached hydrogens (tertiary/aromatic N) is 1. The van der Waals surface area contributed by atoms with Crippen molar-refractivity contribution < 1.29 is 9.53 Å². The van der Waals surface area contributed by atoms with Gasteiger partial charge >= 0.3 is 0 Å². The number of ether oxygens (including phenoxy) is 1. The minimum atomic E-state index is -0.261. The number of nitrogens with one attached hydrogen (secondary N) is 2. The number of thiazole rings is 1.